The van der Waals surface area contributed by atoms with Crippen molar-refractivity contribution in [3.63, 3.8) is 0 Å². The Kier molecular flexibility index (Phi) is 2.86. The van der Waals surface area contributed by atoms with Gasteiger partial charge >= 0.3 is 0 Å². The molecule has 14 heavy (non-hydrogen) atoms. The first kappa shape index (κ1) is 10.1. The van der Waals surface area contributed by atoms with Crippen LogP contribution >= 0.6 is 34.5 Å². The molecule has 0 unspecified atom stereocenters. The van der Waals surface area contributed by atoms with E-state index in [-0.39, 0.29) is 0 Å². The van der Waals surface area contributed by atoms with Gasteiger partial charge in [-0.3, -0.25) is 0 Å². The molecule has 74 valence electrons. The van der Waals surface area contributed by atoms with Gasteiger partial charge in [0.05, 0.1) is 11.6 Å². The highest BCUT2D eigenvalue weighted by atomic mass is 35.5. The first-order valence-corrected chi connectivity index (χ1v) is 5.80. The molecule has 2 aromatic rings. The summed E-state index contributed by atoms with van der Waals surface area (Å²) in [4.78, 5) is 0. The maximum atomic E-state index is 6.04. The van der Waals surface area contributed by atoms with Crippen LogP contribution in [0.4, 0.5) is 0 Å². The summed E-state index contributed by atoms with van der Waals surface area (Å²) in [6.07, 6.45) is 0. The van der Waals surface area contributed by atoms with Gasteiger partial charge in [0.25, 0.3) is 0 Å². The van der Waals surface area contributed by atoms with E-state index >= 15 is 0 Å². The number of hydrogen-bond donors (Lipinski definition) is 0. The van der Waals surface area contributed by atoms with Gasteiger partial charge in [-0.1, -0.05) is 23.2 Å². The average Bonchev–Trinajstić information content (AvgIpc) is 2.45. The molecule has 0 spiro atoms. The number of ether oxygens (including phenoxy) is 1. The van der Waals surface area contributed by atoms with Crippen molar-refractivity contribution in [3.8, 4) is 5.75 Å². The van der Waals surface area contributed by atoms with Crippen molar-refractivity contribution in [3.05, 3.63) is 27.6 Å². The first-order valence-electron chi connectivity index (χ1n) is 4.22. The topological polar surface area (TPSA) is 9.23 Å². The van der Waals surface area contributed by atoms with E-state index in [0.29, 0.717) is 16.0 Å². The van der Waals surface area contributed by atoms with E-state index in [0.717, 1.165) is 15.8 Å². The third-order valence-corrected chi connectivity index (χ3v) is 3.85. The SMILES string of the molecule is CCOc1ccc2sc(Cl)c(Cl)c2c1. The van der Waals surface area contributed by atoms with Crippen LogP contribution < -0.4 is 4.74 Å². The van der Waals surface area contributed by atoms with E-state index in [1.54, 1.807) is 0 Å². The van der Waals surface area contributed by atoms with Crippen LogP contribution in [-0.2, 0) is 0 Å². The fourth-order valence-electron chi connectivity index (χ4n) is 1.27. The fraction of sp³-hybridized carbons (Fsp3) is 0.200. The predicted molar refractivity (Wildman–Crippen MR) is 63.0 cm³/mol. The lowest BCUT2D eigenvalue weighted by atomic mass is 10.2. The molecule has 0 aliphatic rings. The molecule has 1 nitrogen and oxygen atoms in total. The van der Waals surface area contributed by atoms with E-state index in [1.165, 1.54) is 11.3 Å². The maximum absolute atomic E-state index is 6.04. The molecular weight excluding hydrogens is 239 g/mol. The highest BCUT2D eigenvalue weighted by Gasteiger charge is 2.08. The largest absolute Gasteiger partial charge is 0.494 e. The smallest absolute Gasteiger partial charge is 0.120 e. The molecule has 0 radical (unpaired) electrons. The van der Waals surface area contributed by atoms with E-state index in [1.807, 2.05) is 25.1 Å². The van der Waals surface area contributed by atoms with Gasteiger partial charge in [0.1, 0.15) is 10.1 Å². The van der Waals surface area contributed by atoms with Crippen molar-refractivity contribution in [2.75, 3.05) is 6.61 Å². The van der Waals surface area contributed by atoms with Crippen molar-refractivity contribution >= 4 is 44.6 Å². The Morgan fingerprint density at radius 3 is 2.86 bits per heavy atom. The second-order valence-corrected chi connectivity index (χ2v) is 4.81. The summed E-state index contributed by atoms with van der Waals surface area (Å²) >= 11 is 13.4. The van der Waals surface area contributed by atoms with Gasteiger partial charge < -0.3 is 4.74 Å². The van der Waals surface area contributed by atoms with Gasteiger partial charge in [0, 0.05) is 10.1 Å². The first-order chi connectivity index (χ1) is 6.72. The van der Waals surface area contributed by atoms with Crippen molar-refractivity contribution in [2.24, 2.45) is 0 Å². The Morgan fingerprint density at radius 1 is 1.36 bits per heavy atom. The lowest BCUT2D eigenvalue weighted by Gasteiger charge is -2.01. The van der Waals surface area contributed by atoms with Crippen LogP contribution in [0, 0.1) is 0 Å². The molecule has 2 rings (SSSR count). The number of rotatable bonds is 2. The normalized spacial score (nSPS) is 10.8. The average molecular weight is 247 g/mol. The molecule has 1 aromatic heterocycles. The van der Waals surface area contributed by atoms with Crippen molar-refractivity contribution < 1.29 is 4.74 Å². The summed E-state index contributed by atoms with van der Waals surface area (Å²) in [6, 6.07) is 5.82. The summed E-state index contributed by atoms with van der Waals surface area (Å²) in [6.45, 7) is 2.60. The zero-order valence-electron chi connectivity index (χ0n) is 7.51. The highest BCUT2D eigenvalue weighted by molar-refractivity contribution is 7.23. The van der Waals surface area contributed by atoms with Gasteiger partial charge in [-0.25, -0.2) is 0 Å². The van der Waals surface area contributed by atoms with Gasteiger partial charge in [0.2, 0.25) is 0 Å². The van der Waals surface area contributed by atoms with Crippen LogP contribution in [0.1, 0.15) is 6.92 Å². The van der Waals surface area contributed by atoms with E-state index in [9.17, 15) is 0 Å². The van der Waals surface area contributed by atoms with Crippen molar-refractivity contribution in [1.82, 2.24) is 0 Å². The van der Waals surface area contributed by atoms with E-state index in [4.69, 9.17) is 27.9 Å². The molecule has 0 amide bonds. The Morgan fingerprint density at radius 2 is 2.14 bits per heavy atom. The summed E-state index contributed by atoms with van der Waals surface area (Å²) in [5, 5.41) is 1.58. The fourth-order valence-corrected chi connectivity index (χ4v) is 2.75. The molecule has 0 aliphatic carbocycles. The van der Waals surface area contributed by atoms with E-state index in [2.05, 4.69) is 0 Å². The monoisotopic (exact) mass is 246 g/mol. The summed E-state index contributed by atoms with van der Waals surface area (Å²) in [7, 11) is 0. The quantitative estimate of drug-likeness (QED) is 0.753. The summed E-state index contributed by atoms with van der Waals surface area (Å²) in [5.74, 6) is 0.830. The Balaban J connectivity index is 2.58. The van der Waals surface area contributed by atoms with Crippen molar-refractivity contribution in [1.29, 1.82) is 0 Å². The van der Waals surface area contributed by atoms with Crippen LogP contribution in [0.15, 0.2) is 18.2 Å². The van der Waals surface area contributed by atoms with Crippen LogP contribution in [0.2, 0.25) is 9.36 Å². The Labute approximate surface area is 96.2 Å². The number of halogens is 2. The molecule has 4 heteroatoms. The summed E-state index contributed by atoms with van der Waals surface area (Å²) in [5.41, 5.74) is 0. The standard InChI is InChI=1S/C10H8Cl2OS/c1-2-13-6-3-4-8-7(5-6)9(11)10(12)14-8/h3-5H,2H2,1H3. The minimum absolute atomic E-state index is 0.619. The Bertz CT molecular complexity index is 464. The molecule has 0 saturated heterocycles. The molecule has 0 saturated carbocycles. The minimum Gasteiger partial charge on any atom is -0.494 e. The Hall–Kier alpha value is -0.440. The second kappa shape index (κ2) is 3.97. The highest BCUT2D eigenvalue weighted by Crippen LogP contribution is 2.40. The number of hydrogen-bond acceptors (Lipinski definition) is 2. The molecule has 0 bridgehead atoms. The lowest BCUT2D eigenvalue weighted by molar-refractivity contribution is 0.341. The lowest BCUT2D eigenvalue weighted by Crippen LogP contribution is -1.89. The van der Waals surface area contributed by atoms with Crippen LogP contribution in [-0.4, -0.2) is 6.61 Å². The second-order valence-electron chi connectivity index (χ2n) is 2.78. The van der Waals surface area contributed by atoms with Crippen LogP contribution in [0.5, 0.6) is 5.75 Å². The maximum Gasteiger partial charge on any atom is 0.120 e. The van der Waals surface area contributed by atoms with Crippen molar-refractivity contribution in [2.45, 2.75) is 6.92 Å². The zero-order valence-corrected chi connectivity index (χ0v) is 9.84. The van der Waals surface area contributed by atoms with E-state index < -0.39 is 0 Å². The minimum atomic E-state index is 0.619. The predicted octanol–water partition coefficient (Wildman–Crippen LogP) is 4.61. The van der Waals surface area contributed by atoms with Gasteiger partial charge in [-0.05, 0) is 25.1 Å². The molecule has 0 atom stereocenters. The van der Waals surface area contributed by atoms with Crippen LogP contribution in [0.25, 0.3) is 10.1 Å². The summed E-state index contributed by atoms with van der Waals surface area (Å²) < 4.78 is 7.10. The number of benzene rings is 1. The zero-order chi connectivity index (χ0) is 10.1. The molecule has 0 N–H and O–H groups in total. The number of fused-ring (bicyclic) bond motifs is 1. The van der Waals surface area contributed by atoms with Gasteiger partial charge in [-0.2, -0.15) is 0 Å². The molecule has 1 heterocycles. The van der Waals surface area contributed by atoms with Crippen LogP contribution in [0.3, 0.4) is 0 Å². The molecule has 0 aliphatic heterocycles. The van der Waals surface area contributed by atoms with Gasteiger partial charge in [-0.15, -0.1) is 11.3 Å². The van der Waals surface area contributed by atoms with Gasteiger partial charge in [0.15, 0.2) is 0 Å². The molecular formula is C10H8Cl2OS. The number of thiophene rings is 1. The third kappa shape index (κ3) is 1.70. The molecule has 1 aromatic carbocycles. The third-order valence-electron chi connectivity index (χ3n) is 1.87. The molecule has 0 fully saturated rings.